The summed E-state index contributed by atoms with van der Waals surface area (Å²) in [6.07, 6.45) is 1.92. The van der Waals surface area contributed by atoms with Crippen molar-refractivity contribution in [3.8, 4) is 0 Å². The van der Waals surface area contributed by atoms with Crippen molar-refractivity contribution in [2.45, 2.75) is 25.8 Å². The molecule has 1 atom stereocenters. The van der Waals surface area contributed by atoms with Crippen LogP contribution in [0, 0.1) is 0 Å². The van der Waals surface area contributed by atoms with Crippen molar-refractivity contribution in [1.29, 1.82) is 0 Å². The largest absolute Gasteiger partial charge is 0.378 e. The van der Waals surface area contributed by atoms with E-state index in [0.29, 0.717) is 19.8 Å². The molecule has 2 rings (SSSR count). The van der Waals surface area contributed by atoms with Gasteiger partial charge in [0, 0.05) is 13.1 Å². The Hall–Kier alpha value is -1.39. The molecule has 0 aromatic heterocycles. The van der Waals surface area contributed by atoms with Crippen molar-refractivity contribution in [3.63, 3.8) is 0 Å². The average molecular weight is 262 g/mol. The van der Waals surface area contributed by atoms with Crippen LogP contribution in [0.15, 0.2) is 24.3 Å². The first-order valence-electron chi connectivity index (χ1n) is 6.96. The maximum absolute atomic E-state index is 11.8. The van der Waals surface area contributed by atoms with E-state index in [9.17, 15) is 4.79 Å². The molecule has 0 spiro atoms. The summed E-state index contributed by atoms with van der Waals surface area (Å²) in [4.78, 5) is 11.8. The SMILES string of the molecule is CCc1ccc(CCNC(=O)C2COCCN2)cc1. The van der Waals surface area contributed by atoms with Crippen molar-refractivity contribution in [3.05, 3.63) is 35.4 Å². The third kappa shape index (κ3) is 4.33. The summed E-state index contributed by atoms with van der Waals surface area (Å²) in [6, 6.07) is 8.36. The predicted molar refractivity (Wildman–Crippen MR) is 75.1 cm³/mol. The molecule has 104 valence electrons. The highest BCUT2D eigenvalue weighted by Gasteiger charge is 2.20. The number of amides is 1. The second-order valence-electron chi connectivity index (χ2n) is 4.79. The number of ether oxygens (including phenoxy) is 1. The van der Waals surface area contributed by atoms with Gasteiger partial charge in [-0.25, -0.2) is 0 Å². The number of hydrogen-bond acceptors (Lipinski definition) is 3. The van der Waals surface area contributed by atoms with Crippen molar-refractivity contribution < 1.29 is 9.53 Å². The number of hydrogen-bond donors (Lipinski definition) is 2. The van der Waals surface area contributed by atoms with Crippen LogP contribution < -0.4 is 10.6 Å². The van der Waals surface area contributed by atoms with Gasteiger partial charge in [0.2, 0.25) is 5.91 Å². The van der Waals surface area contributed by atoms with E-state index >= 15 is 0 Å². The van der Waals surface area contributed by atoms with Crippen LogP contribution in [-0.4, -0.2) is 38.3 Å². The second-order valence-corrected chi connectivity index (χ2v) is 4.79. The first-order valence-corrected chi connectivity index (χ1v) is 6.96. The summed E-state index contributed by atoms with van der Waals surface area (Å²) in [7, 11) is 0. The molecule has 0 bridgehead atoms. The van der Waals surface area contributed by atoms with Crippen LogP contribution in [-0.2, 0) is 22.4 Å². The Morgan fingerprint density at radius 2 is 2.11 bits per heavy atom. The van der Waals surface area contributed by atoms with Gasteiger partial charge in [0.15, 0.2) is 0 Å². The fourth-order valence-electron chi connectivity index (χ4n) is 2.13. The Labute approximate surface area is 114 Å². The third-order valence-electron chi connectivity index (χ3n) is 3.38. The number of benzene rings is 1. The lowest BCUT2D eigenvalue weighted by Crippen LogP contribution is -2.51. The number of rotatable bonds is 5. The fourth-order valence-corrected chi connectivity index (χ4v) is 2.13. The minimum Gasteiger partial charge on any atom is -0.378 e. The normalized spacial score (nSPS) is 19.1. The molecule has 19 heavy (non-hydrogen) atoms. The highest BCUT2D eigenvalue weighted by atomic mass is 16.5. The lowest BCUT2D eigenvalue weighted by atomic mass is 10.1. The minimum atomic E-state index is -0.198. The zero-order valence-corrected chi connectivity index (χ0v) is 11.4. The molecule has 1 saturated heterocycles. The van der Waals surface area contributed by atoms with E-state index in [1.165, 1.54) is 11.1 Å². The van der Waals surface area contributed by atoms with Gasteiger partial charge in [-0.05, 0) is 24.0 Å². The smallest absolute Gasteiger partial charge is 0.239 e. The van der Waals surface area contributed by atoms with Gasteiger partial charge in [0.1, 0.15) is 6.04 Å². The maximum atomic E-state index is 11.8. The maximum Gasteiger partial charge on any atom is 0.239 e. The minimum absolute atomic E-state index is 0.0323. The molecular formula is C15H22N2O2. The van der Waals surface area contributed by atoms with E-state index in [4.69, 9.17) is 4.74 Å². The van der Waals surface area contributed by atoms with E-state index in [1.807, 2.05) is 0 Å². The third-order valence-corrected chi connectivity index (χ3v) is 3.38. The van der Waals surface area contributed by atoms with E-state index in [-0.39, 0.29) is 11.9 Å². The molecule has 0 radical (unpaired) electrons. The molecule has 4 nitrogen and oxygen atoms in total. The molecule has 0 saturated carbocycles. The van der Waals surface area contributed by atoms with E-state index in [2.05, 4.69) is 41.8 Å². The van der Waals surface area contributed by atoms with Gasteiger partial charge in [-0.1, -0.05) is 31.2 Å². The highest BCUT2D eigenvalue weighted by Crippen LogP contribution is 2.05. The van der Waals surface area contributed by atoms with E-state index in [1.54, 1.807) is 0 Å². The van der Waals surface area contributed by atoms with Crippen LogP contribution >= 0.6 is 0 Å². The number of carbonyl (C=O) groups is 1. The quantitative estimate of drug-likeness (QED) is 0.829. The molecule has 2 N–H and O–H groups in total. The van der Waals surface area contributed by atoms with Gasteiger partial charge in [-0.15, -0.1) is 0 Å². The Bertz CT molecular complexity index is 397. The summed E-state index contributed by atoms with van der Waals surface area (Å²) >= 11 is 0. The lowest BCUT2D eigenvalue weighted by molar-refractivity contribution is -0.125. The molecule has 0 aliphatic carbocycles. The Morgan fingerprint density at radius 3 is 2.74 bits per heavy atom. The zero-order valence-electron chi connectivity index (χ0n) is 11.4. The van der Waals surface area contributed by atoms with Crippen LogP contribution in [0.3, 0.4) is 0 Å². The lowest BCUT2D eigenvalue weighted by Gasteiger charge is -2.22. The Kier molecular flexibility index (Phi) is 5.36. The number of carbonyl (C=O) groups excluding carboxylic acids is 1. The average Bonchev–Trinajstić information content (AvgIpc) is 2.49. The summed E-state index contributed by atoms with van der Waals surface area (Å²) in [5.41, 5.74) is 2.60. The highest BCUT2D eigenvalue weighted by molar-refractivity contribution is 5.81. The van der Waals surface area contributed by atoms with Crippen LogP contribution in [0.5, 0.6) is 0 Å². The molecule has 4 heteroatoms. The molecule has 1 aromatic rings. The van der Waals surface area contributed by atoms with Crippen LogP contribution in [0.4, 0.5) is 0 Å². The first kappa shape index (κ1) is 14.0. The summed E-state index contributed by atoms with van der Waals surface area (Å²) in [5.74, 6) is 0.0323. The summed E-state index contributed by atoms with van der Waals surface area (Å²) in [5, 5.41) is 6.09. The van der Waals surface area contributed by atoms with Crippen molar-refractivity contribution in [2.75, 3.05) is 26.3 Å². The van der Waals surface area contributed by atoms with Crippen molar-refractivity contribution >= 4 is 5.91 Å². The number of nitrogens with one attached hydrogen (secondary N) is 2. The fraction of sp³-hybridized carbons (Fsp3) is 0.533. The molecule has 1 unspecified atom stereocenters. The van der Waals surface area contributed by atoms with Gasteiger partial charge in [-0.3, -0.25) is 4.79 Å². The summed E-state index contributed by atoms with van der Waals surface area (Å²) in [6.45, 7) is 4.72. The van der Waals surface area contributed by atoms with E-state index in [0.717, 1.165) is 19.4 Å². The first-order chi connectivity index (χ1) is 9.29. The Morgan fingerprint density at radius 1 is 1.37 bits per heavy atom. The molecule has 1 aliphatic rings. The number of aryl methyl sites for hydroxylation is 1. The molecular weight excluding hydrogens is 240 g/mol. The van der Waals surface area contributed by atoms with Gasteiger partial charge >= 0.3 is 0 Å². The Balaban J connectivity index is 1.71. The predicted octanol–water partition coefficient (Wildman–Crippen LogP) is 0.896. The molecule has 1 heterocycles. The topological polar surface area (TPSA) is 50.4 Å². The van der Waals surface area contributed by atoms with Crippen molar-refractivity contribution in [1.82, 2.24) is 10.6 Å². The van der Waals surface area contributed by atoms with E-state index < -0.39 is 0 Å². The summed E-state index contributed by atoms with van der Waals surface area (Å²) < 4.78 is 5.27. The second kappa shape index (κ2) is 7.26. The van der Waals surface area contributed by atoms with Gasteiger partial charge in [0.25, 0.3) is 0 Å². The monoisotopic (exact) mass is 262 g/mol. The molecule has 1 aliphatic heterocycles. The van der Waals surface area contributed by atoms with Crippen molar-refractivity contribution in [2.24, 2.45) is 0 Å². The molecule has 1 aromatic carbocycles. The molecule has 1 fully saturated rings. The van der Waals surface area contributed by atoms with Gasteiger partial charge < -0.3 is 15.4 Å². The van der Waals surface area contributed by atoms with Gasteiger partial charge in [0.05, 0.1) is 13.2 Å². The van der Waals surface area contributed by atoms with Crippen LogP contribution in [0.1, 0.15) is 18.1 Å². The van der Waals surface area contributed by atoms with Crippen LogP contribution in [0.25, 0.3) is 0 Å². The van der Waals surface area contributed by atoms with Crippen LogP contribution in [0.2, 0.25) is 0 Å². The van der Waals surface area contributed by atoms with Gasteiger partial charge in [-0.2, -0.15) is 0 Å². The number of morpholine rings is 1. The zero-order chi connectivity index (χ0) is 13.5. The molecule has 1 amide bonds. The standard InChI is InChI=1S/C15H22N2O2/c1-2-12-3-5-13(6-4-12)7-8-17-15(18)14-11-19-10-9-16-14/h3-6,14,16H,2,7-11H2,1H3,(H,17,18).